The summed E-state index contributed by atoms with van der Waals surface area (Å²) in [5.74, 6) is 0.574. The van der Waals surface area contributed by atoms with Crippen molar-refractivity contribution >= 4 is 17.6 Å². The Labute approximate surface area is 158 Å². The summed E-state index contributed by atoms with van der Waals surface area (Å²) < 4.78 is 20.9. The Hall–Kier alpha value is -3.22. The Balaban J connectivity index is 2.27. The van der Waals surface area contributed by atoms with Crippen LogP contribution < -0.4 is 19.5 Å². The van der Waals surface area contributed by atoms with E-state index in [1.165, 1.54) is 14.2 Å². The van der Waals surface area contributed by atoms with E-state index >= 15 is 0 Å². The molecule has 0 saturated heterocycles. The molecule has 0 unspecified atom stereocenters. The van der Waals surface area contributed by atoms with Gasteiger partial charge in [0.2, 0.25) is 0 Å². The lowest BCUT2D eigenvalue weighted by molar-refractivity contribution is 0.0526. The average molecular weight is 373 g/mol. The van der Waals surface area contributed by atoms with Crippen molar-refractivity contribution in [2.75, 3.05) is 32.8 Å². The van der Waals surface area contributed by atoms with E-state index in [9.17, 15) is 9.59 Å². The standard InChI is InChI=1S/C20H23NO6/c1-5-26-17-12-14(20(23)27-6-2)7-9-15(17)21-19(22)13-8-10-16(24-3)18(11-13)25-4/h7-12H,5-6H2,1-4H3,(H,21,22). The van der Waals surface area contributed by atoms with E-state index in [2.05, 4.69) is 5.32 Å². The van der Waals surface area contributed by atoms with Crippen LogP contribution in [0.4, 0.5) is 5.69 Å². The molecule has 2 aromatic rings. The first-order chi connectivity index (χ1) is 13.0. The van der Waals surface area contributed by atoms with Crippen molar-refractivity contribution in [2.24, 2.45) is 0 Å². The fourth-order valence-electron chi connectivity index (χ4n) is 2.41. The van der Waals surface area contributed by atoms with Gasteiger partial charge in [-0.3, -0.25) is 4.79 Å². The first kappa shape index (κ1) is 20.1. The van der Waals surface area contributed by atoms with Crippen molar-refractivity contribution in [3.05, 3.63) is 47.5 Å². The molecular weight excluding hydrogens is 350 g/mol. The zero-order valence-corrected chi connectivity index (χ0v) is 15.8. The summed E-state index contributed by atoms with van der Waals surface area (Å²) in [4.78, 5) is 24.5. The van der Waals surface area contributed by atoms with Gasteiger partial charge in [-0.1, -0.05) is 0 Å². The zero-order valence-electron chi connectivity index (χ0n) is 15.8. The van der Waals surface area contributed by atoms with Gasteiger partial charge in [0.25, 0.3) is 5.91 Å². The molecular formula is C20H23NO6. The minimum absolute atomic E-state index is 0.278. The molecule has 0 aromatic heterocycles. The lowest BCUT2D eigenvalue weighted by atomic mass is 10.1. The third-order valence-corrected chi connectivity index (χ3v) is 3.69. The van der Waals surface area contributed by atoms with Crippen LogP contribution in [-0.2, 0) is 4.74 Å². The van der Waals surface area contributed by atoms with Gasteiger partial charge in [-0.2, -0.15) is 0 Å². The molecule has 7 nitrogen and oxygen atoms in total. The molecule has 0 heterocycles. The van der Waals surface area contributed by atoms with E-state index in [1.54, 1.807) is 43.3 Å². The SMILES string of the molecule is CCOC(=O)c1ccc(NC(=O)c2ccc(OC)c(OC)c2)c(OCC)c1. The van der Waals surface area contributed by atoms with Gasteiger partial charge in [-0.25, -0.2) is 4.79 Å². The van der Waals surface area contributed by atoms with Crippen LogP contribution in [0, 0.1) is 0 Å². The molecule has 1 amide bonds. The maximum atomic E-state index is 12.6. The van der Waals surface area contributed by atoms with Crippen molar-refractivity contribution in [3.8, 4) is 17.2 Å². The molecule has 2 aromatic carbocycles. The van der Waals surface area contributed by atoms with Gasteiger partial charge in [0, 0.05) is 5.56 Å². The Morgan fingerprint density at radius 2 is 1.52 bits per heavy atom. The summed E-state index contributed by atoms with van der Waals surface area (Å²) >= 11 is 0. The number of benzene rings is 2. The Kier molecular flexibility index (Phi) is 7.05. The van der Waals surface area contributed by atoms with E-state index in [0.29, 0.717) is 40.7 Å². The maximum Gasteiger partial charge on any atom is 0.338 e. The average Bonchev–Trinajstić information content (AvgIpc) is 2.68. The van der Waals surface area contributed by atoms with Crippen LogP contribution in [0.25, 0.3) is 0 Å². The Morgan fingerprint density at radius 3 is 2.15 bits per heavy atom. The minimum atomic E-state index is -0.448. The summed E-state index contributed by atoms with van der Waals surface area (Å²) in [6, 6.07) is 9.60. The Morgan fingerprint density at radius 1 is 0.852 bits per heavy atom. The van der Waals surface area contributed by atoms with E-state index in [0.717, 1.165) is 0 Å². The van der Waals surface area contributed by atoms with Gasteiger partial charge in [0.15, 0.2) is 11.5 Å². The predicted molar refractivity (Wildman–Crippen MR) is 101 cm³/mol. The number of rotatable bonds is 8. The molecule has 1 N–H and O–H groups in total. The number of carbonyl (C=O) groups excluding carboxylic acids is 2. The highest BCUT2D eigenvalue weighted by molar-refractivity contribution is 6.05. The summed E-state index contributed by atoms with van der Waals surface area (Å²) in [5.41, 5.74) is 1.19. The van der Waals surface area contributed by atoms with Gasteiger partial charge in [0.05, 0.1) is 38.7 Å². The quantitative estimate of drug-likeness (QED) is 0.713. The van der Waals surface area contributed by atoms with E-state index < -0.39 is 5.97 Å². The van der Waals surface area contributed by atoms with Crippen LogP contribution in [0.15, 0.2) is 36.4 Å². The molecule has 27 heavy (non-hydrogen) atoms. The van der Waals surface area contributed by atoms with Crippen LogP contribution in [0.3, 0.4) is 0 Å². The first-order valence-electron chi connectivity index (χ1n) is 8.51. The molecule has 0 saturated carbocycles. The van der Waals surface area contributed by atoms with Gasteiger partial charge in [-0.05, 0) is 50.2 Å². The molecule has 0 spiro atoms. The second kappa shape index (κ2) is 9.47. The molecule has 2 rings (SSSR count). The normalized spacial score (nSPS) is 10.1. The van der Waals surface area contributed by atoms with Crippen molar-refractivity contribution in [2.45, 2.75) is 13.8 Å². The first-order valence-corrected chi connectivity index (χ1v) is 8.51. The zero-order chi connectivity index (χ0) is 19.8. The summed E-state index contributed by atoms with van der Waals surface area (Å²) in [6.07, 6.45) is 0. The lowest BCUT2D eigenvalue weighted by Gasteiger charge is -2.14. The predicted octanol–water partition coefficient (Wildman–Crippen LogP) is 3.53. The van der Waals surface area contributed by atoms with Crippen LogP contribution in [-0.4, -0.2) is 39.3 Å². The van der Waals surface area contributed by atoms with Gasteiger partial charge < -0.3 is 24.3 Å². The third kappa shape index (κ3) is 4.91. The number of carbonyl (C=O) groups is 2. The Bertz CT molecular complexity index is 818. The third-order valence-electron chi connectivity index (χ3n) is 3.69. The number of methoxy groups -OCH3 is 2. The number of hydrogen-bond donors (Lipinski definition) is 1. The van der Waals surface area contributed by atoms with E-state index in [1.807, 2.05) is 6.92 Å². The lowest BCUT2D eigenvalue weighted by Crippen LogP contribution is -2.14. The molecule has 7 heteroatoms. The molecule has 0 radical (unpaired) electrons. The fourth-order valence-corrected chi connectivity index (χ4v) is 2.41. The molecule has 0 bridgehead atoms. The molecule has 0 aliphatic heterocycles. The molecule has 144 valence electrons. The summed E-state index contributed by atoms with van der Waals surface area (Å²) in [7, 11) is 3.03. The van der Waals surface area contributed by atoms with Crippen molar-refractivity contribution in [1.29, 1.82) is 0 Å². The fraction of sp³-hybridized carbons (Fsp3) is 0.300. The molecule has 0 aliphatic carbocycles. The highest BCUT2D eigenvalue weighted by Gasteiger charge is 2.15. The van der Waals surface area contributed by atoms with Gasteiger partial charge in [-0.15, -0.1) is 0 Å². The highest BCUT2D eigenvalue weighted by atomic mass is 16.5. The summed E-state index contributed by atoms with van der Waals surface area (Å²) in [6.45, 7) is 4.21. The van der Waals surface area contributed by atoms with E-state index in [4.69, 9.17) is 18.9 Å². The number of nitrogens with one attached hydrogen (secondary N) is 1. The van der Waals surface area contributed by atoms with Gasteiger partial charge in [0.1, 0.15) is 5.75 Å². The topological polar surface area (TPSA) is 83.1 Å². The van der Waals surface area contributed by atoms with Crippen molar-refractivity contribution < 1.29 is 28.5 Å². The summed E-state index contributed by atoms with van der Waals surface area (Å²) in [5, 5.41) is 2.79. The number of ether oxygens (including phenoxy) is 4. The van der Waals surface area contributed by atoms with E-state index in [-0.39, 0.29) is 12.5 Å². The maximum absolute atomic E-state index is 12.6. The van der Waals surface area contributed by atoms with Crippen molar-refractivity contribution in [3.63, 3.8) is 0 Å². The minimum Gasteiger partial charge on any atom is -0.493 e. The molecule has 0 fully saturated rings. The highest BCUT2D eigenvalue weighted by Crippen LogP contribution is 2.30. The van der Waals surface area contributed by atoms with Crippen LogP contribution in [0.2, 0.25) is 0 Å². The van der Waals surface area contributed by atoms with Crippen molar-refractivity contribution in [1.82, 2.24) is 0 Å². The molecule has 0 aliphatic rings. The monoisotopic (exact) mass is 373 g/mol. The second-order valence-electron chi connectivity index (χ2n) is 5.39. The van der Waals surface area contributed by atoms with Gasteiger partial charge >= 0.3 is 5.97 Å². The van der Waals surface area contributed by atoms with Crippen LogP contribution in [0.5, 0.6) is 17.2 Å². The smallest absolute Gasteiger partial charge is 0.338 e. The number of hydrogen-bond acceptors (Lipinski definition) is 6. The van der Waals surface area contributed by atoms with Crippen LogP contribution in [0.1, 0.15) is 34.6 Å². The largest absolute Gasteiger partial charge is 0.493 e. The second-order valence-corrected chi connectivity index (χ2v) is 5.39. The molecule has 0 atom stereocenters. The number of anilines is 1. The number of esters is 1. The number of amides is 1. The van der Waals surface area contributed by atoms with Crippen LogP contribution >= 0.6 is 0 Å².